The number of hydrogen-bond acceptors (Lipinski definition) is 7. The smallest absolute Gasteiger partial charge is 0.267 e. The zero-order valence-electron chi connectivity index (χ0n) is 16.7. The zero-order valence-corrected chi connectivity index (χ0v) is 18.3. The van der Waals surface area contributed by atoms with Crippen LogP contribution in [-0.4, -0.2) is 48.8 Å². The van der Waals surface area contributed by atoms with E-state index in [1.807, 2.05) is 0 Å². The third-order valence-electron chi connectivity index (χ3n) is 4.19. The first-order chi connectivity index (χ1) is 14.5. The molecule has 1 fully saturated rings. The third kappa shape index (κ3) is 4.29. The maximum absolute atomic E-state index is 13.0. The van der Waals surface area contributed by atoms with Crippen molar-refractivity contribution in [2.75, 3.05) is 27.9 Å². The molecule has 1 amide bonds. The molecule has 2 heterocycles. The van der Waals surface area contributed by atoms with Gasteiger partial charge in [0.1, 0.15) is 0 Å². The minimum Gasteiger partial charge on any atom is -0.493 e. The van der Waals surface area contributed by atoms with Crippen LogP contribution in [0.5, 0.6) is 17.2 Å². The number of aromatic nitrogens is 1. The molecule has 0 N–H and O–H groups in total. The standard InChI is InChI=1S/C21H20ClN3O4S/c1-5-10-25-20(26)17(30-21(25)24-15-8-9-23-12-14(15)22)11-13-6-7-16(27-2)19(29-4)18(13)28-3/h5-9,11-12H,1,10H2,2-4H3/b17-11-,24-21?. The lowest BCUT2D eigenvalue weighted by molar-refractivity contribution is -0.121. The van der Waals surface area contributed by atoms with E-state index in [0.717, 1.165) is 0 Å². The first-order valence-corrected chi connectivity index (χ1v) is 10.0. The van der Waals surface area contributed by atoms with E-state index in [4.69, 9.17) is 25.8 Å². The molecule has 0 atom stereocenters. The molecular formula is C21H20ClN3O4S. The Kier molecular flexibility index (Phi) is 7.02. The van der Waals surface area contributed by atoms with Crippen LogP contribution in [0.25, 0.3) is 6.08 Å². The van der Waals surface area contributed by atoms with Crippen LogP contribution >= 0.6 is 23.4 Å². The van der Waals surface area contributed by atoms with Gasteiger partial charge in [0.2, 0.25) is 5.75 Å². The Bertz CT molecular complexity index is 1040. The van der Waals surface area contributed by atoms with Gasteiger partial charge >= 0.3 is 0 Å². The van der Waals surface area contributed by atoms with Gasteiger partial charge < -0.3 is 14.2 Å². The summed E-state index contributed by atoms with van der Waals surface area (Å²) in [6.45, 7) is 4.05. The number of carbonyl (C=O) groups is 1. The Hall–Kier alpha value is -2.97. The second-order valence-electron chi connectivity index (χ2n) is 5.96. The number of halogens is 1. The molecule has 156 valence electrons. The van der Waals surface area contributed by atoms with Crippen LogP contribution in [0, 0.1) is 0 Å². The molecule has 1 aromatic carbocycles. The highest BCUT2D eigenvalue weighted by Gasteiger charge is 2.33. The number of rotatable bonds is 7. The van der Waals surface area contributed by atoms with Gasteiger partial charge in [0.15, 0.2) is 16.7 Å². The molecule has 2 aromatic rings. The number of pyridine rings is 1. The summed E-state index contributed by atoms with van der Waals surface area (Å²) in [4.78, 5) is 23.6. The fourth-order valence-electron chi connectivity index (χ4n) is 2.82. The quantitative estimate of drug-likeness (QED) is 0.459. The highest BCUT2D eigenvalue weighted by molar-refractivity contribution is 8.18. The van der Waals surface area contributed by atoms with E-state index < -0.39 is 0 Å². The van der Waals surface area contributed by atoms with Gasteiger partial charge in [-0.25, -0.2) is 4.99 Å². The van der Waals surface area contributed by atoms with Gasteiger partial charge in [-0.05, 0) is 36.0 Å². The Labute approximate surface area is 184 Å². The van der Waals surface area contributed by atoms with E-state index in [9.17, 15) is 4.79 Å². The molecule has 1 aliphatic rings. The van der Waals surface area contributed by atoms with Gasteiger partial charge in [-0.1, -0.05) is 17.7 Å². The lowest BCUT2D eigenvalue weighted by atomic mass is 10.1. The summed E-state index contributed by atoms with van der Waals surface area (Å²) in [6, 6.07) is 5.24. The number of aliphatic imine (C=N–C) groups is 1. The molecule has 0 radical (unpaired) electrons. The third-order valence-corrected chi connectivity index (χ3v) is 5.49. The molecule has 30 heavy (non-hydrogen) atoms. The molecular weight excluding hydrogens is 426 g/mol. The minimum atomic E-state index is -0.194. The van der Waals surface area contributed by atoms with Crippen molar-refractivity contribution in [1.82, 2.24) is 9.88 Å². The SMILES string of the molecule is C=CCN1C(=O)/C(=C/c2ccc(OC)c(OC)c2OC)SC1=Nc1ccncc1Cl. The van der Waals surface area contributed by atoms with Crippen molar-refractivity contribution in [2.45, 2.75) is 0 Å². The Morgan fingerprint density at radius 3 is 2.60 bits per heavy atom. The highest BCUT2D eigenvalue weighted by atomic mass is 35.5. The van der Waals surface area contributed by atoms with E-state index in [1.54, 1.807) is 43.7 Å². The normalized spacial score (nSPS) is 16.3. The number of thioether (sulfide) groups is 1. The van der Waals surface area contributed by atoms with E-state index in [1.165, 1.54) is 37.1 Å². The first kappa shape index (κ1) is 21.7. The fourth-order valence-corrected chi connectivity index (χ4v) is 3.98. The van der Waals surface area contributed by atoms with Crippen LogP contribution < -0.4 is 14.2 Å². The van der Waals surface area contributed by atoms with E-state index in [-0.39, 0.29) is 5.91 Å². The van der Waals surface area contributed by atoms with Crippen molar-refractivity contribution >= 4 is 46.2 Å². The highest BCUT2D eigenvalue weighted by Crippen LogP contribution is 2.42. The fraction of sp³-hybridized carbons (Fsp3) is 0.190. The van der Waals surface area contributed by atoms with E-state index >= 15 is 0 Å². The van der Waals surface area contributed by atoms with Crippen molar-refractivity contribution in [3.05, 3.63) is 58.7 Å². The first-order valence-electron chi connectivity index (χ1n) is 8.83. The van der Waals surface area contributed by atoms with Gasteiger partial charge in [0.25, 0.3) is 5.91 Å². The van der Waals surface area contributed by atoms with Crippen LogP contribution in [0.3, 0.4) is 0 Å². The number of amides is 1. The van der Waals surface area contributed by atoms with Crippen LogP contribution in [0.1, 0.15) is 5.56 Å². The second-order valence-corrected chi connectivity index (χ2v) is 7.38. The molecule has 0 aliphatic carbocycles. The molecule has 1 saturated heterocycles. The van der Waals surface area contributed by atoms with Crippen molar-refractivity contribution in [3.8, 4) is 17.2 Å². The number of ether oxygens (including phenoxy) is 3. The number of amidine groups is 1. The molecule has 9 heteroatoms. The monoisotopic (exact) mass is 445 g/mol. The molecule has 3 rings (SSSR count). The summed E-state index contributed by atoms with van der Waals surface area (Å²) < 4.78 is 16.3. The molecule has 0 spiro atoms. The number of benzene rings is 1. The minimum absolute atomic E-state index is 0.194. The molecule has 1 aromatic heterocycles. The van der Waals surface area contributed by atoms with Crippen LogP contribution in [0.15, 0.2) is 53.1 Å². The second kappa shape index (κ2) is 9.69. The van der Waals surface area contributed by atoms with Crippen LogP contribution in [-0.2, 0) is 4.79 Å². The van der Waals surface area contributed by atoms with Gasteiger partial charge in [0.05, 0.1) is 36.9 Å². The maximum atomic E-state index is 13.0. The molecule has 0 unspecified atom stereocenters. The molecule has 0 bridgehead atoms. The maximum Gasteiger partial charge on any atom is 0.267 e. The summed E-state index contributed by atoms with van der Waals surface area (Å²) in [5.74, 6) is 1.26. The summed E-state index contributed by atoms with van der Waals surface area (Å²) in [6.07, 6.45) is 6.48. The predicted molar refractivity (Wildman–Crippen MR) is 120 cm³/mol. The number of hydrogen-bond donors (Lipinski definition) is 0. The molecule has 1 aliphatic heterocycles. The average molecular weight is 446 g/mol. The predicted octanol–water partition coefficient (Wildman–Crippen LogP) is 4.55. The van der Waals surface area contributed by atoms with Crippen molar-refractivity contribution in [1.29, 1.82) is 0 Å². The summed E-state index contributed by atoms with van der Waals surface area (Å²) in [5, 5.41) is 0.897. The van der Waals surface area contributed by atoms with Gasteiger partial charge in [-0.15, -0.1) is 6.58 Å². The van der Waals surface area contributed by atoms with Crippen LogP contribution in [0.2, 0.25) is 5.02 Å². The van der Waals surface area contributed by atoms with Gasteiger partial charge in [-0.2, -0.15) is 0 Å². The van der Waals surface area contributed by atoms with Gasteiger partial charge in [0, 0.05) is 24.5 Å². The topological polar surface area (TPSA) is 73.2 Å². The average Bonchev–Trinajstić information content (AvgIpc) is 3.04. The Morgan fingerprint density at radius 1 is 1.20 bits per heavy atom. The lowest BCUT2D eigenvalue weighted by Gasteiger charge is -2.14. The summed E-state index contributed by atoms with van der Waals surface area (Å²) >= 11 is 7.41. The number of methoxy groups -OCH3 is 3. The molecule has 0 saturated carbocycles. The Morgan fingerprint density at radius 2 is 1.97 bits per heavy atom. The van der Waals surface area contributed by atoms with Gasteiger partial charge in [-0.3, -0.25) is 14.7 Å². The summed E-state index contributed by atoms with van der Waals surface area (Å²) in [5.41, 5.74) is 1.20. The van der Waals surface area contributed by atoms with Crippen molar-refractivity contribution < 1.29 is 19.0 Å². The number of carbonyl (C=O) groups excluding carboxylic acids is 1. The van der Waals surface area contributed by atoms with E-state index in [0.29, 0.717) is 50.1 Å². The van der Waals surface area contributed by atoms with Crippen molar-refractivity contribution in [2.24, 2.45) is 4.99 Å². The molecule has 7 nitrogen and oxygen atoms in total. The zero-order chi connectivity index (χ0) is 21.7. The lowest BCUT2D eigenvalue weighted by Crippen LogP contribution is -2.29. The summed E-state index contributed by atoms with van der Waals surface area (Å²) in [7, 11) is 4.61. The van der Waals surface area contributed by atoms with E-state index in [2.05, 4.69) is 16.6 Å². The Balaban J connectivity index is 2.05. The van der Waals surface area contributed by atoms with Crippen LogP contribution in [0.4, 0.5) is 5.69 Å². The van der Waals surface area contributed by atoms with Crippen molar-refractivity contribution in [3.63, 3.8) is 0 Å². The number of nitrogens with zero attached hydrogens (tertiary/aromatic N) is 3. The largest absolute Gasteiger partial charge is 0.493 e.